The van der Waals surface area contributed by atoms with Crippen LogP contribution in [0.1, 0.15) is 25.3 Å². The zero-order valence-corrected chi connectivity index (χ0v) is 11.7. The first kappa shape index (κ1) is 14.1. The van der Waals surface area contributed by atoms with Gasteiger partial charge >= 0.3 is 0 Å². The molecule has 17 heavy (non-hydrogen) atoms. The number of hydrogen-bond donors (Lipinski definition) is 1. The highest BCUT2D eigenvalue weighted by molar-refractivity contribution is 9.10. The van der Waals surface area contributed by atoms with Gasteiger partial charge in [-0.25, -0.2) is 4.98 Å². The second-order valence-corrected chi connectivity index (χ2v) is 4.65. The Morgan fingerprint density at radius 2 is 2.29 bits per heavy atom. The summed E-state index contributed by atoms with van der Waals surface area (Å²) in [6, 6.07) is 1.91. The first-order valence-electron chi connectivity index (χ1n) is 5.63. The third-order valence-corrected chi connectivity index (χ3v) is 2.56. The second kappa shape index (κ2) is 7.40. The van der Waals surface area contributed by atoms with Crippen molar-refractivity contribution in [3.8, 4) is 0 Å². The van der Waals surface area contributed by atoms with Crippen LogP contribution in [0.2, 0.25) is 0 Å². The van der Waals surface area contributed by atoms with Crippen molar-refractivity contribution in [2.75, 3.05) is 18.5 Å². The van der Waals surface area contributed by atoms with Crippen molar-refractivity contribution in [2.24, 2.45) is 0 Å². The topological polar surface area (TPSA) is 51.2 Å². The number of amides is 1. The van der Waals surface area contributed by atoms with Gasteiger partial charge in [0.1, 0.15) is 5.82 Å². The van der Waals surface area contributed by atoms with Gasteiger partial charge in [-0.1, -0.05) is 6.92 Å². The molecule has 5 heteroatoms. The summed E-state index contributed by atoms with van der Waals surface area (Å²) in [5.74, 6) is 0.535. The van der Waals surface area contributed by atoms with Gasteiger partial charge in [0.25, 0.3) is 0 Å². The lowest BCUT2D eigenvalue weighted by Gasteiger charge is -2.07. The van der Waals surface area contributed by atoms with Crippen LogP contribution >= 0.6 is 15.9 Å². The number of ether oxygens (including phenoxy) is 1. The Balaban J connectivity index is 2.40. The maximum Gasteiger partial charge on any atom is 0.227 e. The van der Waals surface area contributed by atoms with E-state index >= 15 is 0 Å². The van der Waals surface area contributed by atoms with Crippen LogP contribution in [0, 0.1) is 6.92 Å². The fourth-order valence-corrected chi connectivity index (χ4v) is 1.72. The third-order valence-electron chi connectivity index (χ3n) is 2.12. The van der Waals surface area contributed by atoms with Gasteiger partial charge in [-0.15, -0.1) is 0 Å². The van der Waals surface area contributed by atoms with E-state index in [0.29, 0.717) is 25.5 Å². The molecule has 1 amide bonds. The molecule has 4 nitrogen and oxygen atoms in total. The highest BCUT2D eigenvalue weighted by Gasteiger charge is 2.06. The summed E-state index contributed by atoms with van der Waals surface area (Å²) in [5.41, 5.74) is 0.933. The van der Waals surface area contributed by atoms with Gasteiger partial charge in [-0.2, -0.15) is 0 Å². The Kier molecular flexibility index (Phi) is 6.15. The SMILES string of the molecule is CCCOCCC(=O)Nc1ncc(Br)cc1C. The summed E-state index contributed by atoms with van der Waals surface area (Å²) < 4.78 is 6.15. The molecule has 1 rings (SSSR count). The lowest BCUT2D eigenvalue weighted by Crippen LogP contribution is -2.16. The second-order valence-electron chi connectivity index (χ2n) is 3.73. The highest BCUT2D eigenvalue weighted by atomic mass is 79.9. The van der Waals surface area contributed by atoms with Crippen LogP contribution in [0.4, 0.5) is 5.82 Å². The molecule has 1 aromatic rings. The van der Waals surface area contributed by atoms with Crippen molar-refractivity contribution < 1.29 is 9.53 Å². The predicted molar refractivity (Wildman–Crippen MR) is 71.0 cm³/mol. The first-order valence-corrected chi connectivity index (χ1v) is 6.42. The Hall–Kier alpha value is -0.940. The molecule has 0 unspecified atom stereocenters. The monoisotopic (exact) mass is 300 g/mol. The average Bonchev–Trinajstić information content (AvgIpc) is 2.28. The minimum absolute atomic E-state index is 0.0703. The largest absolute Gasteiger partial charge is 0.381 e. The smallest absolute Gasteiger partial charge is 0.227 e. The summed E-state index contributed by atoms with van der Waals surface area (Å²) in [6.07, 6.45) is 2.99. The van der Waals surface area contributed by atoms with E-state index in [1.54, 1.807) is 6.20 Å². The maximum atomic E-state index is 11.6. The Morgan fingerprint density at radius 3 is 2.94 bits per heavy atom. The normalized spacial score (nSPS) is 10.3. The predicted octanol–water partition coefficient (Wildman–Crippen LogP) is 2.91. The number of aryl methyl sites for hydroxylation is 1. The quantitative estimate of drug-likeness (QED) is 0.822. The van der Waals surface area contributed by atoms with Gasteiger partial charge in [0, 0.05) is 17.3 Å². The fraction of sp³-hybridized carbons (Fsp3) is 0.500. The standard InChI is InChI=1S/C12H17BrN2O2/c1-3-5-17-6-4-11(16)15-12-9(2)7-10(13)8-14-12/h7-8H,3-6H2,1-2H3,(H,14,15,16). The molecule has 0 bridgehead atoms. The molecular weight excluding hydrogens is 284 g/mol. The number of halogens is 1. The molecule has 0 spiro atoms. The maximum absolute atomic E-state index is 11.6. The number of carbonyl (C=O) groups is 1. The van der Waals surface area contributed by atoms with Gasteiger partial charge in [0.05, 0.1) is 13.0 Å². The van der Waals surface area contributed by atoms with Crippen molar-refractivity contribution in [1.29, 1.82) is 0 Å². The van der Waals surface area contributed by atoms with E-state index in [4.69, 9.17) is 4.74 Å². The fourth-order valence-electron chi connectivity index (χ4n) is 1.28. The summed E-state index contributed by atoms with van der Waals surface area (Å²) in [7, 11) is 0. The zero-order chi connectivity index (χ0) is 12.7. The molecule has 1 N–H and O–H groups in total. The molecule has 94 valence electrons. The number of carbonyl (C=O) groups excluding carboxylic acids is 1. The molecule has 0 aromatic carbocycles. The van der Waals surface area contributed by atoms with Crippen molar-refractivity contribution in [3.63, 3.8) is 0 Å². The molecule has 0 aliphatic carbocycles. The van der Waals surface area contributed by atoms with Crippen LogP contribution in [0.15, 0.2) is 16.7 Å². The van der Waals surface area contributed by atoms with Crippen molar-refractivity contribution >= 4 is 27.7 Å². The molecule has 0 aliphatic heterocycles. The van der Waals surface area contributed by atoms with E-state index in [1.807, 2.05) is 19.9 Å². The van der Waals surface area contributed by atoms with E-state index in [2.05, 4.69) is 26.2 Å². The highest BCUT2D eigenvalue weighted by Crippen LogP contribution is 2.16. The molecule has 0 radical (unpaired) electrons. The van der Waals surface area contributed by atoms with E-state index in [1.165, 1.54) is 0 Å². The van der Waals surface area contributed by atoms with Gasteiger partial charge < -0.3 is 10.1 Å². The van der Waals surface area contributed by atoms with Gasteiger partial charge in [0.15, 0.2) is 0 Å². The summed E-state index contributed by atoms with van der Waals surface area (Å²) in [4.78, 5) is 15.7. The number of anilines is 1. The minimum Gasteiger partial charge on any atom is -0.381 e. The van der Waals surface area contributed by atoms with E-state index in [0.717, 1.165) is 16.5 Å². The van der Waals surface area contributed by atoms with Crippen LogP contribution in [-0.2, 0) is 9.53 Å². The van der Waals surface area contributed by atoms with Crippen molar-refractivity contribution in [1.82, 2.24) is 4.98 Å². The number of nitrogens with one attached hydrogen (secondary N) is 1. The molecule has 0 atom stereocenters. The Morgan fingerprint density at radius 1 is 1.53 bits per heavy atom. The summed E-state index contributed by atoms with van der Waals surface area (Å²) >= 11 is 3.33. The van der Waals surface area contributed by atoms with Crippen LogP contribution in [0.25, 0.3) is 0 Å². The molecule has 0 saturated carbocycles. The van der Waals surface area contributed by atoms with Gasteiger partial charge in [-0.05, 0) is 40.9 Å². The van der Waals surface area contributed by atoms with E-state index in [9.17, 15) is 4.79 Å². The van der Waals surface area contributed by atoms with Crippen LogP contribution in [0.3, 0.4) is 0 Å². The molecule has 0 fully saturated rings. The summed E-state index contributed by atoms with van der Waals surface area (Å²) in [5, 5.41) is 2.76. The number of hydrogen-bond acceptors (Lipinski definition) is 3. The molecule has 1 heterocycles. The van der Waals surface area contributed by atoms with Crippen LogP contribution < -0.4 is 5.32 Å². The van der Waals surface area contributed by atoms with Crippen LogP contribution in [-0.4, -0.2) is 24.1 Å². The van der Waals surface area contributed by atoms with E-state index in [-0.39, 0.29) is 5.91 Å². The third kappa shape index (κ3) is 5.28. The Labute approximate surface area is 110 Å². The molecule has 0 aliphatic rings. The lowest BCUT2D eigenvalue weighted by molar-refractivity contribution is -0.117. The van der Waals surface area contributed by atoms with E-state index < -0.39 is 0 Å². The number of rotatable bonds is 6. The number of pyridine rings is 1. The molecule has 0 saturated heterocycles. The Bertz CT molecular complexity index is 383. The van der Waals surface area contributed by atoms with Gasteiger partial charge in [-0.3, -0.25) is 4.79 Å². The molecule has 1 aromatic heterocycles. The van der Waals surface area contributed by atoms with Gasteiger partial charge in [0.2, 0.25) is 5.91 Å². The number of nitrogens with zero attached hydrogens (tertiary/aromatic N) is 1. The first-order chi connectivity index (χ1) is 8.13. The number of aromatic nitrogens is 1. The molecular formula is C12H17BrN2O2. The van der Waals surface area contributed by atoms with Crippen molar-refractivity contribution in [2.45, 2.75) is 26.7 Å². The van der Waals surface area contributed by atoms with Crippen LogP contribution in [0.5, 0.6) is 0 Å². The lowest BCUT2D eigenvalue weighted by atomic mass is 10.3. The van der Waals surface area contributed by atoms with Crippen molar-refractivity contribution in [3.05, 3.63) is 22.3 Å². The summed E-state index contributed by atoms with van der Waals surface area (Å²) in [6.45, 7) is 5.09. The minimum atomic E-state index is -0.0703. The zero-order valence-electron chi connectivity index (χ0n) is 10.1. The average molecular weight is 301 g/mol.